The number of ether oxygens (including phenoxy) is 4. The minimum absolute atomic E-state index is 0.0721. The predicted octanol–water partition coefficient (Wildman–Crippen LogP) is 2.77. The molecule has 2 rings (SSSR count). The molecule has 0 radical (unpaired) electrons. The van der Waals surface area contributed by atoms with Gasteiger partial charge in [-0.2, -0.15) is 0 Å². The highest BCUT2D eigenvalue weighted by molar-refractivity contribution is 5.98. The van der Waals surface area contributed by atoms with E-state index in [1.165, 1.54) is 18.2 Å². The molecule has 0 aliphatic carbocycles. The number of para-hydroxylation sites is 2. The number of nitrogens with two attached hydrogens (primary N) is 1. The average Bonchev–Trinajstić information content (AvgIpc) is 2.96. The number of hydrogen-bond acceptors (Lipinski definition) is 13. The summed E-state index contributed by atoms with van der Waals surface area (Å²) in [4.78, 5) is 41.7. The number of phenolic OH excluding ortho intramolecular Hbond substituents is 1. The normalized spacial score (nSPS) is 10.3. The number of hydrogen-bond donors (Lipinski definition) is 5. The summed E-state index contributed by atoms with van der Waals surface area (Å²) in [7, 11) is 0. The third-order valence-corrected chi connectivity index (χ3v) is 4.93. The van der Waals surface area contributed by atoms with E-state index in [0.29, 0.717) is 33.0 Å². The first-order chi connectivity index (χ1) is 20.4. The number of nitrogens with one attached hydrogen (secondary N) is 1. The molecule has 0 aliphatic rings. The van der Waals surface area contributed by atoms with Crippen molar-refractivity contribution in [3.05, 3.63) is 67.8 Å². The number of carbonyl (C=O) groups is 2. The maximum atomic E-state index is 11.9. The molecule has 240 valence electrons. The van der Waals surface area contributed by atoms with Crippen LogP contribution in [-0.4, -0.2) is 89.1 Å². The van der Waals surface area contributed by atoms with Gasteiger partial charge in [-0.1, -0.05) is 12.1 Å². The number of carboxylic acids is 1. The second-order valence-corrected chi connectivity index (χ2v) is 7.79. The third kappa shape index (κ3) is 13.9. The van der Waals surface area contributed by atoms with E-state index in [2.05, 4.69) is 5.32 Å². The van der Waals surface area contributed by atoms with Crippen LogP contribution in [-0.2, 0) is 18.9 Å². The molecular formula is C26H38N4O13. The number of aromatic carboxylic acids is 1. The maximum Gasteiger partial charge on any atom is 0.339 e. The van der Waals surface area contributed by atoms with Gasteiger partial charge < -0.3 is 45.3 Å². The lowest BCUT2D eigenvalue weighted by atomic mass is 10.1. The Hall–Kier alpha value is -4.42. The molecule has 0 heterocycles. The first kappa shape index (κ1) is 38.6. The van der Waals surface area contributed by atoms with Crippen molar-refractivity contribution < 1.29 is 53.7 Å². The molecule has 0 saturated carbocycles. The van der Waals surface area contributed by atoms with Crippen LogP contribution in [0.25, 0.3) is 0 Å². The summed E-state index contributed by atoms with van der Waals surface area (Å²) >= 11 is 0. The summed E-state index contributed by atoms with van der Waals surface area (Å²) in [6, 6.07) is 7.06. The van der Waals surface area contributed by atoms with E-state index in [9.17, 15) is 34.9 Å². The van der Waals surface area contributed by atoms with Crippen LogP contribution < -0.4 is 11.1 Å². The van der Waals surface area contributed by atoms with E-state index >= 15 is 0 Å². The van der Waals surface area contributed by atoms with Crippen molar-refractivity contribution in [3.8, 4) is 11.5 Å². The van der Waals surface area contributed by atoms with Gasteiger partial charge in [-0.25, -0.2) is 4.79 Å². The number of phenols is 2. The molecule has 0 aromatic heterocycles. The molecule has 0 saturated heterocycles. The quantitative estimate of drug-likeness (QED) is 0.110. The molecule has 1 amide bonds. The van der Waals surface area contributed by atoms with Gasteiger partial charge in [0.15, 0.2) is 12.6 Å². The molecule has 0 bridgehead atoms. The van der Waals surface area contributed by atoms with Crippen LogP contribution in [0, 0.1) is 20.2 Å². The molecule has 0 aliphatic heterocycles. The second kappa shape index (κ2) is 21.3. The van der Waals surface area contributed by atoms with E-state index < -0.39 is 56.5 Å². The zero-order chi connectivity index (χ0) is 32.9. The second-order valence-electron chi connectivity index (χ2n) is 7.79. The Bertz CT molecular complexity index is 1140. The van der Waals surface area contributed by atoms with Crippen LogP contribution in [0.4, 0.5) is 11.4 Å². The Morgan fingerprint density at radius 2 is 1.19 bits per heavy atom. The molecule has 17 heteroatoms. The van der Waals surface area contributed by atoms with Gasteiger partial charge in [0.2, 0.25) is 11.5 Å². The molecule has 0 spiro atoms. The van der Waals surface area contributed by atoms with Gasteiger partial charge >= 0.3 is 17.3 Å². The van der Waals surface area contributed by atoms with Gasteiger partial charge in [0, 0.05) is 45.1 Å². The average molecular weight is 615 g/mol. The Morgan fingerprint density at radius 3 is 1.56 bits per heavy atom. The Kier molecular flexibility index (Phi) is 19.1. The lowest BCUT2D eigenvalue weighted by molar-refractivity contribution is -0.386. The standard InChI is InChI=1S/C13H18N2O6.C7H5NO5.C6H15NO2/c1-3-20-11(21-4-2)8-14-13(17)9-6-5-7-10(12(9)16)15(18)19;9-6-4(7(10)11)2-1-3-5(6)8(12)13;1-3-8-6(5-7)9-4-2/h5-7,11,16H,3-4,8H2,1-2H3,(H,14,17);1-3,9H,(H,10,11);6H,3-5,7H2,1-2H3. The van der Waals surface area contributed by atoms with Gasteiger partial charge in [-0.15, -0.1) is 0 Å². The number of nitrogens with zero attached hydrogens (tertiary/aromatic N) is 2. The molecule has 2 aromatic carbocycles. The summed E-state index contributed by atoms with van der Waals surface area (Å²) in [5, 5.41) is 50.8. The first-order valence-electron chi connectivity index (χ1n) is 13.0. The number of rotatable bonds is 15. The number of carboxylic acid groups (broad SMARTS) is 1. The van der Waals surface area contributed by atoms with Crippen molar-refractivity contribution in [3.63, 3.8) is 0 Å². The molecule has 43 heavy (non-hydrogen) atoms. The van der Waals surface area contributed by atoms with Crippen molar-refractivity contribution in [1.29, 1.82) is 0 Å². The zero-order valence-electron chi connectivity index (χ0n) is 24.3. The number of nitro groups is 2. The highest BCUT2D eigenvalue weighted by atomic mass is 16.7. The number of amides is 1. The molecule has 17 nitrogen and oxygen atoms in total. The minimum atomic E-state index is -1.40. The van der Waals surface area contributed by atoms with Gasteiger partial charge in [-0.3, -0.25) is 25.0 Å². The highest BCUT2D eigenvalue weighted by Crippen LogP contribution is 2.29. The number of carbonyl (C=O) groups excluding carboxylic acids is 1. The molecule has 0 atom stereocenters. The Labute approximate surface area is 247 Å². The molecule has 6 N–H and O–H groups in total. The highest BCUT2D eigenvalue weighted by Gasteiger charge is 2.22. The number of aromatic hydroxyl groups is 2. The van der Waals surface area contributed by atoms with E-state index in [1.54, 1.807) is 13.8 Å². The fraction of sp³-hybridized carbons (Fsp3) is 0.462. The largest absolute Gasteiger partial charge is 0.502 e. The van der Waals surface area contributed by atoms with Crippen LogP contribution in [0.15, 0.2) is 36.4 Å². The van der Waals surface area contributed by atoms with Crippen molar-refractivity contribution in [2.24, 2.45) is 5.73 Å². The monoisotopic (exact) mass is 614 g/mol. The van der Waals surface area contributed by atoms with Crippen LogP contribution in [0.5, 0.6) is 11.5 Å². The Morgan fingerprint density at radius 1 is 0.791 bits per heavy atom. The van der Waals surface area contributed by atoms with Crippen molar-refractivity contribution >= 4 is 23.3 Å². The minimum Gasteiger partial charge on any atom is -0.502 e. The SMILES string of the molecule is CCOC(CN)OCC.CCOC(CNC(=O)c1cccc([N+](=O)[O-])c1O)OCC.O=C(O)c1cccc([N+](=O)[O-])c1O. The van der Waals surface area contributed by atoms with Gasteiger partial charge in [0.25, 0.3) is 5.91 Å². The van der Waals surface area contributed by atoms with Crippen molar-refractivity contribution in [2.45, 2.75) is 40.3 Å². The smallest absolute Gasteiger partial charge is 0.339 e. The predicted molar refractivity (Wildman–Crippen MR) is 152 cm³/mol. The molecule has 2 aromatic rings. The maximum absolute atomic E-state index is 11.9. The number of nitro benzene ring substituents is 2. The summed E-state index contributed by atoms with van der Waals surface area (Å²) in [6.45, 7) is 10.1. The lowest BCUT2D eigenvalue weighted by Gasteiger charge is -2.17. The van der Waals surface area contributed by atoms with E-state index in [-0.39, 0.29) is 18.4 Å². The number of benzene rings is 2. The van der Waals surface area contributed by atoms with Crippen LogP contribution >= 0.6 is 0 Å². The van der Waals surface area contributed by atoms with E-state index in [0.717, 1.165) is 18.2 Å². The van der Waals surface area contributed by atoms with E-state index in [1.807, 2.05) is 13.8 Å². The lowest BCUT2D eigenvalue weighted by Crippen LogP contribution is -2.35. The Balaban J connectivity index is 0.000000682. The van der Waals surface area contributed by atoms with Crippen LogP contribution in [0.3, 0.4) is 0 Å². The summed E-state index contributed by atoms with van der Waals surface area (Å²) < 4.78 is 20.7. The van der Waals surface area contributed by atoms with Crippen molar-refractivity contribution in [2.75, 3.05) is 39.5 Å². The van der Waals surface area contributed by atoms with E-state index in [4.69, 9.17) is 34.9 Å². The molecule has 0 unspecified atom stereocenters. The first-order valence-corrected chi connectivity index (χ1v) is 13.0. The van der Waals surface area contributed by atoms with Crippen molar-refractivity contribution in [1.82, 2.24) is 5.32 Å². The fourth-order valence-electron chi connectivity index (χ4n) is 3.08. The summed E-state index contributed by atoms with van der Waals surface area (Å²) in [6.07, 6.45) is -0.815. The van der Waals surface area contributed by atoms with Gasteiger partial charge in [0.05, 0.1) is 22.0 Å². The third-order valence-electron chi connectivity index (χ3n) is 4.93. The summed E-state index contributed by atoms with van der Waals surface area (Å²) in [5.74, 6) is -3.52. The molecule has 0 fully saturated rings. The molecular weight excluding hydrogens is 576 g/mol. The van der Waals surface area contributed by atoms with Crippen LogP contribution in [0.1, 0.15) is 48.4 Å². The summed E-state index contributed by atoms with van der Waals surface area (Å²) in [5.41, 5.74) is 3.52. The topological polar surface area (TPSA) is 256 Å². The van der Waals surface area contributed by atoms with Crippen LogP contribution in [0.2, 0.25) is 0 Å². The van der Waals surface area contributed by atoms with Gasteiger partial charge in [-0.05, 0) is 39.8 Å². The zero-order valence-corrected chi connectivity index (χ0v) is 24.3. The van der Waals surface area contributed by atoms with Gasteiger partial charge in [0.1, 0.15) is 5.56 Å². The fourth-order valence-corrected chi connectivity index (χ4v) is 3.08.